The summed E-state index contributed by atoms with van der Waals surface area (Å²) in [5.41, 5.74) is 2.64. The molecule has 0 N–H and O–H groups in total. The highest BCUT2D eigenvalue weighted by Gasteiger charge is 2.38. The summed E-state index contributed by atoms with van der Waals surface area (Å²) in [7, 11) is 3.72. The zero-order valence-electron chi connectivity index (χ0n) is 18.1. The van der Waals surface area contributed by atoms with E-state index in [9.17, 15) is 13.2 Å². The van der Waals surface area contributed by atoms with E-state index in [2.05, 4.69) is 37.6 Å². The van der Waals surface area contributed by atoms with Gasteiger partial charge in [0.2, 0.25) is 0 Å². The van der Waals surface area contributed by atoms with Crippen molar-refractivity contribution in [2.75, 3.05) is 40.4 Å². The molecule has 0 amide bonds. The van der Waals surface area contributed by atoms with Gasteiger partial charge in [-0.1, -0.05) is 20.8 Å². The van der Waals surface area contributed by atoms with Crippen LogP contribution in [-0.4, -0.2) is 62.4 Å². The number of hydrogen-bond acceptors (Lipinski definition) is 4. The molecular weight excluding hydrogens is 381 g/mol. The van der Waals surface area contributed by atoms with Crippen LogP contribution in [0.1, 0.15) is 50.8 Å². The fourth-order valence-corrected chi connectivity index (χ4v) is 4.50. The Hall–Kier alpha value is -1.47. The molecule has 0 bridgehead atoms. The van der Waals surface area contributed by atoms with Gasteiger partial charge in [-0.15, -0.1) is 0 Å². The van der Waals surface area contributed by atoms with Crippen molar-refractivity contribution in [3.63, 3.8) is 0 Å². The first kappa shape index (κ1) is 22.2. The second-order valence-corrected chi connectivity index (χ2v) is 9.53. The quantitative estimate of drug-likeness (QED) is 0.699. The van der Waals surface area contributed by atoms with Gasteiger partial charge in [0, 0.05) is 31.7 Å². The molecule has 3 rings (SSSR count). The number of ether oxygens (including phenoxy) is 2. The van der Waals surface area contributed by atoms with Gasteiger partial charge in [0.05, 0.1) is 20.1 Å². The van der Waals surface area contributed by atoms with Crippen molar-refractivity contribution in [3.05, 3.63) is 23.3 Å². The topological polar surface area (TPSA) is 24.9 Å². The molecule has 0 aliphatic carbocycles. The summed E-state index contributed by atoms with van der Waals surface area (Å²) in [5.74, 6) is 0.908. The number of fused-ring (bicyclic) bond motifs is 3. The zero-order valence-corrected chi connectivity index (χ0v) is 18.1. The van der Waals surface area contributed by atoms with E-state index in [0.29, 0.717) is 17.5 Å². The number of nitrogens with zero attached hydrogens (tertiary/aromatic N) is 2. The highest BCUT2D eigenvalue weighted by Crippen LogP contribution is 2.41. The minimum Gasteiger partial charge on any atom is -0.493 e. The Labute approximate surface area is 172 Å². The van der Waals surface area contributed by atoms with Crippen LogP contribution in [0.5, 0.6) is 11.5 Å². The Morgan fingerprint density at radius 3 is 2.45 bits per heavy atom. The third kappa shape index (κ3) is 5.57. The normalized spacial score (nSPS) is 23.4. The molecule has 1 aromatic carbocycles. The number of alkyl halides is 3. The summed E-state index contributed by atoms with van der Waals surface area (Å²) in [5, 5.41) is 0. The van der Waals surface area contributed by atoms with E-state index < -0.39 is 19.2 Å². The largest absolute Gasteiger partial charge is 0.493 e. The van der Waals surface area contributed by atoms with Gasteiger partial charge >= 0.3 is 6.18 Å². The Balaban J connectivity index is 1.77. The van der Waals surface area contributed by atoms with Gasteiger partial charge in [-0.25, -0.2) is 0 Å². The highest BCUT2D eigenvalue weighted by molar-refractivity contribution is 5.49. The Morgan fingerprint density at radius 1 is 1.10 bits per heavy atom. The predicted octanol–water partition coefficient (Wildman–Crippen LogP) is 4.68. The standard InChI is InChI=1S/C22H33F3N2O2/c1-21(2,3)12-16-13-27-8-6-15-10-20(29-9-7-22(23,24)25)19(28-5)11-17(15)18(27)14-26(16)4/h10-11,16,18H,6-9,12-14H2,1-5H3/t16-,18-/m1/s1. The van der Waals surface area contributed by atoms with Crippen LogP contribution in [0.4, 0.5) is 13.2 Å². The molecular formula is C22H33F3N2O2. The molecule has 2 aliphatic rings. The van der Waals surface area contributed by atoms with E-state index in [1.54, 1.807) is 0 Å². The van der Waals surface area contributed by atoms with Crippen molar-refractivity contribution in [1.29, 1.82) is 0 Å². The first-order chi connectivity index (χ1) is 13.5. The van der Waals surface area contributed by atoms with Crippen LogP contribution in [0.15, 0.2) is 12.1 Å². The third-order valence-corrected chi connectivity index (χ3v) is 5.91. The van der Waals surface area contributed by atoms with Crippen LogP contribution in [0.3, 0.4) is 0 Å². The second-order valence-electron chi connectivity index (χ2n) is 9.53. The number of benzene rings is 1. The zero-order chi connectivity index (χ0) is 21.4. The van der Waals surface area contributed by atoms with Crippen LogP contribution in [-0.2, 0) is 6.42 Å². The van der Waals surface area contributed by atoms with Crippen LogP contribution >= 0.6 is 0 Å². The van der Waals surface area contributed by atoms with Crippen molar-refractivity contribution >= 4 is 0 Å². The number of likely N-dealkylation sites (N-methyl/N-ethyl adjacent to an activating group) is 1. The van der Waals surface area contributed by atoms with E-state index in [1.165, 1.54) is 12.7 Å². The van der Waals surface area contributed by atoms with Gasteiger partial charge in [0.15, 0.2) is 11.5 Å². The maximum Gasteiger partial charge on any atom is 0.392 e. The summed E-state index contributed by atoms with van der Waals surface area (Å²) in [6, 6.07) is 4.65. The van der Waals surface area contributed by atoms with Crippen molar-refractivity contribution in [2.24, 2.45) is 5.41 Å². The first-order valence-electron chi connectivity index (χ1n) is 10.3. The lowest BCUT2D eigenvalue weighted by Crippen LogP contribution is -2.55. The fraction of sp³-hybridized carbons (Fsp3) is 0.727. The molecule has 4 nitrogen and oxygen atoms in total. The smallest absolute Gasteiger partial charge is 0.392 e. The molecule has 164 valence electrons. The lowest BCUT2D eigenvalue weighted by molar-refractivity contribution is -0.139. The van der Waals surface area contributed by atoms with Gasteiger partial charge in [-0.2, -0.15) is 13.2 Å². The van der Waals surface area contributed by atoms with E-state index in [1.807, 2.05) is 12.1 Å². The van der Waals surface area contributed by atoms with E-state index in [-0.39, 0.29) is 11.5 Å². The lowest BCUT2D eigenvalue weighted by Gasteiger charge is -2.49. The second kappa shape index (κ2) is 8.34. The van der Waals surface area contributed by atoms with Crippen molar-refractivity contribution in [1.82, 2.24) is 9.80 Å². The summed E-state index contributed by atoms with van der Waals surface area (Å²) >= 11 is 0. The van der Waals surface area contributed by atoms with E-state index in [4.69, 9.17) is 9.47 Å². The molecule has 29 heavy (non-hydrogen) atoms. The molecule has 1 aromatic rings. The lowest BCUT2D eigenvalue weighted by atomic mass is 9.84. The maximum absolute atomic E-state index is 12.4. The van der Waals surface area contributed by atoms with Gasteiger partial charge in [0.25, 0.3) is 0 Å². The molecule has 2 aliphatic heterocycles. The number of methoxy groups -OCH3 is 1. The van der Waals surface area contributed by atoms with Gasteiger partial charge < -0.3 is 14.4 Å². The van der Waals surface area contributed by atoms with Crippen LogP contribution in [0, 0.1) is 5.41 Å². The molecule has 2 atom stereocenters. The van der Waals surface area contributed by atoms with Crippen LogP contribution in [0.25, 0.3) is 0 Å². The molecule has 2 heterocycles. The Morgan fingerprint density at radius 2 is 1.83 bits per heavy atom. The molecule has 0 spiro atoms. The Kier molecular flexibility index (Phi) is 6.39. The highest BCUT2D eigenvalue weighted by atomic mass is 19.4. The predicted molar refractivity (Wildman–Crippen MR) is 108 cm³/mol. The Bertz CT molecular complexity index is 715. The van der Waals surface area contributed by atoms with Crippen molar-refractivity contribution < 1.29 is 22.6 Å². The molecule has 0 saturated carbocycles. The van der Waals surface area contributed by atoms with E-state index in [0.717, 1.165) is 38.0 Å². The third-order valence-electron chi connectivity index (χ3n) is 5.91. The molecule has 1 fully saturated rings. The number of rotatable bonds is 5. The molecule has 0 aromatic heterocycles. The van der Waals surface area contributed by atoms with Crippen LogP contribution < -0.4 is 9.47 Å². The summed E-state index contributed by atoms with van der Waals surface area (Å²) < 4.78 is 48.2. The van der Waals surface area contributed by atoms with Gasteiger partial charge in [-0.05, 0) is 48.6 Å². The molecule has 0 unspecified atom stereocenters. The average Bonchev–Trinajstić information content (AvgIpc) is 2.59. The SMILES string of the molecule is COc1cc2c(cc1OCCC(F)(F)F)CCN1C[C@@H](CC(C)(C)C)N(C)C[C@H]21. The van der Waals surface area contributed by atoms with Crippen molar-refractivity contribution in [3.8, 4) is 11.5 Å². The number of piperazine rings is 1. The summed E-state index contributed by atoms with van der Waals surface area (Å²) in [6.45, 7) is 9.37. The van der Waals surface area contributed by atoms with Gasteiger partial charge in [-0.3, -0.25) is 4.90 Å². The summed E-state index contributed by atoms with van der Waals surface area (Å²) in [6.07, 6.45) is -3.17. The van der Waals surface area contributed by atoms with E-state index >= 15 is 0 Å². The van der Waals surface area contributed by atoms with Crippen molar-refractivity contribution in [2.45, 2.75) is 58.3 Å². The average molecular weight is 415 g/mol. The minimum atomic E-state index is -4.22. The minimum absolute atomic E-state index is 0.276. The fourth-order valence-electron chi connectivity index (χ4n) is 4.50. The number of halogens is 3. The first-order valence-corrected chi connectivity index (χ1v) is 10.3. The van der Waals surface area contributed by atoms with Crippen LogP contribution in [0.2, 0.25) is 0 Å². The van der Waals surface area contributed by atoms with Gasteiger partial charge in [0.1, 0.15) is 0 Å². The molecule has 1 saturated heterocycles. The number of hydrogen-bond donors (Lipinski definition) is 0. The summed E-state index contributed by atoms with van der Waals surface area (Å²) in [4.78, 5) is 4.99. The maximum atomic E-state index is 12.4. The molecule has 0 radical (unpaired) electrons. The monoisotopic (exact) mass is 414 g/mol. The molecule has 7 heteroatoms.